The third kappa shape index (κ3) is 2.93. The highest BCUT2D eigenvalue weighted by molar-refractivity contribution is 6.01. The first-order chi connectivity index (χ1) is 11.0. The maximum absolute atomic E-state index is 11.7. The lowest BCUT2D eigenvalue weighted by Crippen LogP contribution is -2.15. The van der Waals surface area contributed by atoms with Crippen LogP contribution in [0.3, 0.4) is 0 Å². The molecule has 1 aliphatic carbocycles. The van der Waals surface area contributed by atoms with E-state index in [1.165, 1.54) is 6.42 Å². The number of carbonyl (C=O) groups is 2. The number of hydrogen-bond acceptors (Lipinski definition) is 2. The van der Waals surface area contributed by atoms with Crippen LogP contribution in [-0.4, -0.2) is 22.2 Å². The molecule has 0 spiro atoms. The third-order valence-corrected chi connectivity index (χ3v) is 4.88. The van der Waals surface area contributed by atoms with Gasteiger partial charge in [-0.05, 0) is 59.2 Å². The molecule has 4 heteroatoms. The molecule has 0 saturated heterocycles. The Morgan fingerprint density at radius 1 is 1.04 bits per heavy atom. The minimum absolute atomic E-state index is 0.225. The second-order valence-electron chi connectivity index (χ2n) is 6.54. The van der Waals surface area contributed by atoms with Crippen molar-refractivity contribution in [3.8, 4) is 0 Å². The SMILES string of the molecule is CC1CCCC(c2c(C(=O)O)ccc3cc(C(=O)O)ccc23)C1. The van der Waals surface area contributed by atoms with Crippen LogP contribution in [0.4, 0.5) is 0 Å². The lowest BCUT2D eigenvalue weighted by Gasteiger charge is -2.29. The highest BCUT2D eigenvalue weighted by atomic mass is 16.4. The fourth-order valence-corrected chi connectivity index (χ4v) is 3.81. The minimum atomic E-state index is -0.970. The van der Waals surface area contributed by atoms with Crippen LogP contribution >= 0.6 is 0 Å². The first kappa shape index (κ1) is 15.5. The van der Waals surface area contributed by atoms with Gasteiger partial charge in [0.15, 0.2) is 0 Å². The predicted octanol–water partition coefficient (Wildman–Crippen LogP) is 4.53. The molecule has 2 aromatic carbocycles. The number of hydrogen-bond donors (Lipinski definition) is 2. The van der Waals surface area contributed by atoms with Crippen LogP contribution in [0.5, 0.6) is 0 Å². The minimum Gasteiger partial charge on any atom is -0.478 e. The average Bonchev–Trinajstić information content (AvgIpc) is 2.52. The van der Waals surface area contributed by atoms with Crippen molar-refractivity contribution in [1.82, 2.24) is 0 Å². The van der Waals surface area contributed by atoms with Crippen molar-refractivity contribution in [2.45, 2.75) is 38.5 Å². The molecule has 4 nitrogen and oxygen atoms in total. The van der Waals surface area contributed by atoms with Crippen molar-refractivity contribution in [3.63, 3.8) is 0 Å². The van der Waals surface area contributed by atoms with Crippen molar-refractivity contribution in [2.75, 3.05) is 0 Å². The normalized spacial score (nSPS) is 21.3. The fraction of sp³-hybridized carbons (Fsp3) is 0.368. The molecule has 2 N–H and O–H groups in total. The van der Waals surface area contributed by atoms with E-state index in [0.717, 1.165) is 35.6 Å². The highest BCUT2D eigenvalue weighted by Gasteiger charge is 2.26. The molecule has 1 aliphatic rings. The molecule has 3 rings (SSSR count). The van der Waals surface area contributed by atoms with Crippen molar-refractivity contribution in [1.29, 1.82) is 0 Å². The van der Waals surface area contributed by atoms with Crippen LogP contribution < -0.4 is 0 Å². The topological polar surface area (TPSA) is 74.6 Å². The van der Waals surface area contributed by atoms with Crippen molar-refractivity contribution >= 4 is 22.7 Å². The van der Waals surface area contributed by atoms with Gasteiger partial charge in [0.2, 0.25) is 0 Å². The predicted molar refractivity (Wildman–Crippen MR) is 88.2 cm³/mol. The molecular weight excluding hydrogens is 292 g/mol. The van der Waals surface area contributed by atoms with Gasteiger partial charge in [-0.15, -0.1) is 0 Å². The van der Waals surface area contributed by atoms with Gasteiger partial charge in [0.1, 0.15) is 0 Å². The molecule has 120 valence electrons. The van der Waals surface area contributed by atoms with Gasteiger partial charge in [-0.25, -0.2) is 9.59 Å². The molecule has 1 saturated carbocycles. The van der Waals surface area contributed by atoms with E-state index in [1.807, 2.05) is 0 Å². The Bertz CT molecular complexity index is 778. The Kier molecular flexibility index (Phi) is 4.07. The molecule has 0 aliphatic heterocycles. The van der Waals surface area contributed by atoms with E-state index in [1.54, 1.807) is 30.3 Å². The van der Waals surface area contributed by atoms with Crippen molar-refractivity contribution in [2.24, 2.45) is 5.92 Å². The van der Waals surface area contributed by atoms with Crippen LogP contribution in [-0.2, 0) is 0 Å². The number of carboxylic acids is 2. The van der Waals surface area contributed by atoms with Gasteiger partial charge in [-0.2, -0.15) is 0 Å². The van der Waals surface area contributed by atoms with Gasteiger partial charge < -0.3 is 10.2 Å². The first-order valence-corrected chi connectivity index (χ1v) is 8.00. The van der Waals surface area contributed by atoms with Gasteiger partial charge in [-0.3, -0.25) is 0 Å². The maximum atomic E-state index is 11.7. The molecule has 2 aromatic rings. The fourth-order valence-electron chi connectivity index (χ4n) is 3.81. The second-order valence-corrected chi connectivity index (χ2v) is 6.54. The van der Waals surface area contributed by atoms with E-state index in [4.69, 9.17) is 5.11 Å². The van der Waals surface area contributed by atoms with Gasteiger partial charge in [-0.1, -0.05) is 31.9 Å². The van der Waals surface area contributed by atoms with Crippen LogP contribution in [0, 0.1) is 5.92 Å². The van der Waals surface area contributed by atoms with Crippen LogP contribution in [0.1, 0.15) is 64.8 Å². The number of benzene rings is 2. The monoisotopic (exact) mass is 312 g/mol. The lowest BCUT2D eigenvalue weighted by atomic mass is 9.76. The van der Waals surface area contributed by atoms with E-state index < -0.39 is 11.9 Å². The molecule has 2 atom stereocenters. The molecule has 23 heavy (non-hydrogen) atoms. The highest BCUT2D eigenvalue weighted by Crippen LogP contribution is 2.40. The van der Waals surface area contributed by atoms with Crippen LogP contribution in [0.2, 0.25) is 0 Å². The Morgan fingerprint density at radius 3 is 2.48 bits per heavy atom. The summed E-state index contributed by atoms with van der Waals surface area (Å²) in [4.78, 5) is 22.8. The lowest BCUT2D eigenvalue weighted by molar-refractivity contribution is 0.0684. The van der Waals surface area contributed by atoms with Gasteiger partial charge in [0, 0.05) is 0 Å². The average molecular weight is 312 g/mol. The summed E-state index contributed by atoms with van der Waals surface area (Å²) in [5.74, 6) is -1.07. The van der Waals surface area contributed by atoms with Gasteiger partial charge in [0.25, 0.3) is 0 Å². The van der Waals surface area contributed by atoms with Crippen LogP contribution in [0.15, 0.2) is 30.3 Å². The largest absolute Gasteiger partial charge is 0.478 e. The summed E-state index contributed by atoms with van der Waals surface area (Å²) >= 11 is 0. The molecule has 1 fully saturated rings. The molecule has 0 radical (unpaired) electrons. The molecule has 0 aromatic heterocycles. The smallest absolute Gasteiger partial charge is 0.335 e. The third-order valence-electron chi connectivity index (χ3n) is 4.88. The summed E-state index contributed by atoms with van der Waals surface area (Å²) in [6.07, 6.45) is 4.27. The number of fused-ring (bicyclic) bond motifs is 1. The van der Waals surface area contributed by atoms with Gasteiger partial charge >= 0.3 is 11.9 Å². The number of aromatic carboxylic acids is 2. The summed E-state index contributed by atoms with van der Waals surface area (Å²) in [5.41, 5.74) is 1.45. The molecular formula is C19H20O4. The first-order valence-electron chi connectivity index (χ1n) is 8.00. The zero-order chi connectivity index (χ0) is 16.6. The van der Waals surface area contributed by atoms with E-state index in [-0.39, 0.29) is 11.5 Å². The van der Waals surface area contributed by atoms with E-state index in [2.05, 4.69) is 6.92 Å². The summed E-state index contributed by atoms with van der Waals surface area (Å²) in [6, 6.07) is 8.27. The molecule has 0 heterocycles. The van der Waals surface area contributed by atoms with Gasteiger partial charge in [0.05, 0.1) is 11.1 Å². The van der Waals surface area contributed by atoms with E-state index in [0.29, 0.717) is 11.5 Å². The summed E-state index contributed by atoms with van der Waals surface area (Å²) < 4.78 is 0. The zero-order valence-electron chi connectivity index (χ0n) is 13.1. The summed E-state index contributed by atoms with van der Waals surface area (Å²) in [5, 5.41) is 20.4. The standard InChI is InChI=1S/C19H20O4/c1-11-3-2-4-13(9-11)17-15-7-6-14(18(20)21)10-12(15)5-8-16(17)19(22)23/h5-8,10-11,13H,2-4,9H2,1H3,(H,20,21)(H,22,23). The van der Waals surface area contributed by atoms with Crippen molar-refractivity contribution < 1.29 is 19.8 Å². The molecule has 0 bridgehead atoms. The Labute approximate surface area is 134 Å². The van der Waals surface area contributed by atoms with Crippen LogP contribution in [0.25, 0.3) is 10.8 Å². The molecule has 2 unspecified atom stereocenters. The summed E-state index contributed by atoms with van der Waals surface area (Å²) in [6.45, 7) is 2.21. The number of rotatable bonds is 3. The Balaban J connectivity index is 2.20. The number of carboxylic acid groups (broad SMARTS) is 2. The quantitative estimate of drug-likeness (QED) is 0.873. The Hall–Kier alpha value is -2.36. The molecule has 0 amide bonds. The van der Waals surface area contributed by atoms with E-state index in [9.17, 15) is 14.7 Å². The van der Waals surface area contributed by atoms with Crippen molar-refractivity contribution in [3.05, 3.63) is 47.0 Å². The maximum Gasteiger partial charge on any atom is 0.335 e. The summed E-state index contributed by atoms with van der Waals surface area (Å²) in [7, 11) is 0. The zero-order valence-corrected chi connectivity index (χ0v) is 13.1. The second kappa shape index (κ2) is 6.03. The Morgan fingerprint density at radius 2 is 1.83 bits per heavy atom. The van der Waals surface area contributed by atoms with E-state index >= 15 is 0 Å².